The number of aliphatic carboxylic acids is 1. The SMILES string of the molecule is CC(=O)c1cc2ccccc2nc1Cl.CC(=O)c1cc2ccccc2nc1N1CCC(O)CC1.Cc1cc(/C=C/C(=O)c2cc3ccccc3nc2N2CCC(O)CC2)cc(C)c1OC(C)(C)C(=O)O.Cc1cc(/C=C/C(=O)c2cc3ccccc3nc2N2CCC(O)CC2)cc(C)c1OC(C)(C)C(=O)OC(C)(C)C.Cc1cc(C=O)cc(C)c1OC(C)(C)C(=O)OC(C)(C)C.Cl.OC1CCNCC1.[3H]C. The molecule has 11 aromatic rings. The van der Waals surface area contributed by atoms with Gasteiger partial charge in [0.25, 0.3) is 0 Å². The minimum atomic E-state index is -1.35. The van der Waals surface area contributed by atoms with Crippen LogP contribution in [0, 0.1) is 41.5 Å². The molecule has 4 fully saturated rings. The van der Waals surface area contributed by atoms with Crippen molar-refractivity contribution in [3.05, 3.63) is 247 Å². The number of nitrogens with zero attached hydrogens (tertiary/aromatic N) is 7. The summed E-state index contributed by atoms with van der Waals surface area (Å²) in [6.07, 6.45) is 12.5. The van der Waals surface area contributed by atoms with Crippen molar-refractivity contribution in [2.24, 2.45) is 0 Å². The minimum Gasteiger partial charge on any atom is -0.478 e. The van der Waals surface area contributed by atoms with Crippen molar-refractivity contribution in [2.75, 3.05) is 67.1 Å². The van der Waals surface area contributed by atoms with E-state index in [-0.39, 0.29) is 65.1 Å². The Morgan fingerprint density at radius 2 is 0.664 bits per heavy atom. The summed E-state index contributed by atoms with van der Waals surface area (Å²) in [6.45, 7) is 41.1. The number of benzene rings is 7. The highest BCUT2D eigenvalue weighted by molar-refractivity contribution is 6.33. The molecule has 4 aliphatic rings. The zero-order valence-electron chi connectivity index (χ0n) is 85.5. The number of allylic oxidation sites excluding steroid dienone is 2. The van der Waals surface area contributed by atoms with Crippen LogP contribution in [0.2, 0.25) is 5.15 Å². The molecule has 8 heterocycles. The van der Waals surface area contributed by atoms with Gasteiger partial charge in [-0.1, -0.05) is 104 Å². The number of aliphatic hydroxyl groups excluding tert-OH is 4. The molecule has 0 radical (unpaired) electrons. The summed E-state index contributed by atoms with van der Waals surface area (Å²) >= 11 is 5.87. The Bertz CT molecular complexity index is 6250. The van der Waals surface area contributed by atoms with Gasteiger partial charge in [-0.05, 0) is 345 Å². The third-order valence-corrected chi connectivity index (χ3v) is 23.8. The van der Waals surface area contributed by atoms with Crippen LogP contribution in [0.5, 0.6) is 17.2 Å². The van der Waals surface area contributed by atoms with Gasteiger partial charge in [0.1, 0.15) is 57.3 Å². The first-order valence-electron chi connectivity index (χ1n) is 47.9. The zero-order valence-corrected chi connectivity index (χ0v) is 86.1. The summed E-state index contributed by atoms with van der Waals surface area (Å²) in [5.74, 6) is 1.58. The molecule has 4 aromatic heterocycles. The lowest BCUT2D eigenvalue weighted by molar-refractivity contribution is -0.171. The molecule has 140 heavy (non-hydrogen) atoms. The van der Waals surface area contributed by atoms with E-state index in [1.54, 1.807) is 77.1 Å². The standard InChI is InChI=1S/C33H40N2O5.C29H32N2O5.C17H24O4.C16H18N2O2.C11H8ClNO.C5H11NO.CH4.ClH/c1-21-18-23(19-22(2)29(21)39-33(6,7)31(38)40-32(3,4)5)12-13-28(37)26-20-24-10-8-9-11-27(24)34-30(26)35-16-14-25(36)15-17-35;1-18-15-20(16-19(2)26(18)36-29(3,4)28(34)35)9-10-25(33)23-17-21-7-5-6-8-24(21)30-27(23)31-13-11-22(32)12-14-31;1-11-8-13(10-18)9-12(2)14(11)20-17(6,7)15(19)21-16(3,4)5;1-11(19)14-10-12-4-2-3-5-15(12)17-16(14)18-8-6-13(20)7-9-18;1-7(14)9-6-8-4-2-3-5-10(8)13-11(9)12;7-5-1-3-6-4-2-5;;/h8-13,18-20,25,36H,14-17H2,1-7H3;5-10,15-17,22,32H,11-14H2,1-4H3,(H,34,35);8-10H,1-7H3;2-5,10,13,20H,6-9H2,1H3;2-6H,1H3;5-7H,1-4H2;1H4;1H/b13-12+;10-9+;;;;;;/i;;;;;;1T;. The number of carboxylic acid groups (broad SMARTS) is 1. The number of aliphatic hydroxyl groups is 4. The maximum Gasteiger partial charge on any atom is 0.350 e. The second-order valence-corrected chi connectivity index (χ2v) is 39.4. The molecule has 0 aliphatic carbocycles. The lowest BCUT2D eigenvalue weighted by atomic mass is 10.0. The predicted octanol–water partition coefficient (Wildman–Crippen LogP) is 21.1. The normalized spacial score (nSPS) is 14.7. The fourth-order valence-corrected chi connectivity index (χ4v) is 16.2. The molecule has 0 atom stereocenters. The molecular formula is C112H138Cl2N8O18. The number of ether oxygens (including phenoxy) is 5. The Morgan fingerprint density at radius 1 is 0.400 bits per heavy atom. The lowest BCUT2D eigenvalue weighted by Gasteiger charge is -2.31. The van der Waals surface area contributed by atoms with Crippen molar-refractivity contribution in [2.45, 2.75) is 250 Å². The number of para-hydroxylation sites is 4. The smallest absolute Gasteiger partial charge is 0.350 e. The molecule has 28 heteroatoms. The van der Waals surface area contributed by atoms with E-state index in [1.165, 1.54) is 28.2 Å². The van der Waals surface area contributed by atoms with Gasteiger partial charge in [-0.3, -0.25) is 24.0 Å². The second-order valence-electron chi connectivity index (χ2n) is 39.0. The highest BCUT2D eigenvalue weighted by Gasteiger charge is 2.39. The quantitative estimate of drug-likeness (QED) is 0.0128. The molecule has 4 saturated heterocycles. The van der Waals surface area contributed by atoms with Crippen LogP contribution >= 0.6 is 24.0 Å². The largest absolute Gasteiger partial charge is 0.478 e. The number of piperidine rings is 4. The Kier molecular flexibility index (Phi) is 39.4. The van der Waals surface area contributed by atoms with Crippen molar-refractivity contribution >= 4 is 145 Å². The number of anilines is 3. The van der Waals surface area contributed by atoms with E-state index in [0.717, 1.165) is 152 Å². The first-order chi connectivity index (χ1) is 66.0. The number of rotatable bonds is 21. The number of fused-ring (bicyclic) bond motifs is 4. The number of hydrogen-bond acceptors (Lipinski definition) is 25. The fraction of sp³-hybridized carbons (Fsp3) is 0.411. The number of pyridine rings is 4. The van der Waals surface area contributed by atoms with Crippen molar-refractivity contribution in [1.82, 2.24) is 25.3 Å². The van der Waals surface area contributed by atoms with Crippen LogP contribution in [0.25, 0.3) is 55.8 Å². The number of aromatic nitrogens is 4. The number of Topliss-reactive ketones (excluding diaryl/α,β-unsaturated/α-hetero) is 2. The molecule has 0 amide bonds. The molecule has 0 spiro atoms. The van der Waals surface area contributed by atoms with E-state index in [2.05, 4.69) is 30.0 Å². The van der Waals surface area contributed by atoms with Crippen molar-refractivity contribution < 1.29 is 88.9 Å². The molecule has 6 N–H and O–H groups in total. The average Bonchev–Trinajstić information content (AvgIpc) is 0.592. The third kappa shape index (κ3) is 31.6. The predicted molar refractivity (Wildman–Crippen MR) is 560 cm³/mol. The van der Waals surface area contributed by atoms with E-state index in [1.807, 2.05) is 223 Å². The maximum absolute atomic E-state index is 13.5. The van der Waals surface area contributed by atoms with Crippen LogP contribution in [0.3, 0.4) is 0 Å². The third-order valence-electron chi connectivity index (χ3n) is 23.5. The van der Waals surface area contributed by atoms with Crippen LogP contribution in [0.1, 0.15) is 253 Å². The highest BCUT2D eigenvalue weighted by Crippen LogP contribution is 2.37. The number of carboxylic acids is 1. The van der Waals surface area contributed by atoms with E-state index in [0.29, 0.717) is 109 Å². The molecule has 0 bridgehead atoms. The summed E-state index contributed by atoms with van der Waals surface area (Å²) in [6, 6.07) is 49.5. The maximum atomic E-state index is 13.5. The van der Waals surface area contributed by atoms with Crippen LogP contribution in [-0.4, -0.2) is 198 Å². The number of aryl methyl sites for hydroxylation is 6. The number of carbonyl (C=O) groups excluding carboxylic acids is 7. The molecule has 4 aliphatic heterocycles. The molecule has 15 rings (SSSR count). The number of aldehydes is 1. The van der Waals surface area contributed by atoms with Gasteiger partial charge in [0.15, 0.2) is 39.9 Å². The van der Waals surface area contributed by atoms with E-state index >= 15 is 0 Å². The number of nitrogens with one attached hydrogen (secondary N) is 1. The van der Waals surface area contributed by atoms with Gasteiger partial charge >= 0.3 is 17.9 Å². The summed E-state index contributed by atoms with van der Waals surface area (Å²) in [4.78, 5) is 122. The van der Waals surface area contributed by atoms with Crippen molar-refractivity contribution in [1.29, 1.82) is 0 Å². The number of halogens is 2. The van der Waals surface area contributed by atoms with Gasteiger partial charge < -0.3 is 69.2 Å². The lowest BCUT2D eigenvalue weighted by Crippen LogP contribution is -2.43. The Labute approximate surface area is 835 Å². The zero-order chi connectivity index (χ0) is 103. The summed E-state index contributed by atoms with van der Waals surface area (Å²) in [5, 5.41) is 54.9. The van der Waals surface area contributed by atoms with E-state index < -0.39 is 45.9 Å². The average molecular weight is 1960 g/mol. The van der Waals surface area contributed by atoms with Gasteiger partial charge in [0, 0.05) is 67.7 Å². The van der Waals surface area contributed by atoms with Crippen LogP contribution < -0.4 is 34.2 Å². The summed E-state index contributed by atoms with van der Waals surface area (Å²) in [5.41, 5.74) is 7.93. The van der Waals surface area contributed by atoms with Gasteiger partial charge in [-0.15, -0.1) is 12.4 Å². The Hall–Kier alpha value is -12.4. The van der Waals surface area contributed by atoms with Gasteiger partial charge in [0.2, 0.25) is 0 Å². The van der Waals surface area contributed by atoms with Crippen molar-refractivity contribution in [3.8, 4) is 17.2 Å². The molecular weight excluding hydrogens is 1820 g/mol. The summed E-state index contributed by atoms with van der Waals surface area (Å²) < 4.78 is 34.5. The Balaban J connectivity index is 0.000000219. The first-order valence-corrected chi connectivity index (χ1v) is 47.3. The Morgan fingerprint density at radius 3 is 0.943 bits per heavy atom. The fourth-order valence-electron chi connectivity index (χ4n) is 16.0. The van der Waals surface area contributed by atoms with Crippen LogP contribution in [0.4, 0.5) is 17.5 Å². The first kappa shape index (κ1) is 111. The highest BCUT2D eigenvalue weighted by atomic mass is 35.5. The minimum absolute atomic E-state index is 0. The summed E-state index contributed by atoms with van der Waals surface area (Å²) in [7, 11) is 1.25. The number of ketones is 4. The van der Waals surface area contributed by atoms with Gasteiger partial charge in [-0.25, -0.2) is 34.3 Å². The second kappa shape index (κ2) is 49.6. The molecule has 0 saturated carbocycles. The van der Waals surface area contributed by atoms with Crippen LogP contribution in [-0.2, 0) is 23.9 Å². The van der Waals surface area contributed by atoms with E-state index in [9.17, 15) is 58.8 Å². The van der Waals surface area contributed by atoms with Gasteiger partial charge in [0.05, 0.1) is 68.7 Å². The number of esters is 2. The monoisotopic (exact) mass is 1950 g/mol. The molecule has 7 aromatic carbocycles. The topological polar surface area (TPSA) is 357 Å². The van der Waals surface area contributed by atoms with Crippen LogP contribution in [0.15, 0.2) is 170 Å². The van der Waals surface area contributed by atoms with E-state index in [4.69, 9.17) is 51.7 Å². The molecule has 0 unspecified atom stereocenters. The molecule has 26 nitrogen and oxygen atoms in total. The van der Waals surface area contributed by atoms with Gasteiger partial charge in [-0.2, -0.15) is 0 Å². The number of carbonyl (C=O) groups is 8. The van der Waals surface area contributed by atoms with Crippen molar-refractivity contribution in [3.63, 3.8) is 0 Å². The number of hydrogen-bond donors (Lipinski definition) is 6. The molecule has 748 valence electrons.